The maximum atomic E-state index is 13.0. The predicted molar refractivity (Wildman–Crippen MR) is 112 cm³/mol. The smallest absolute Gasteiger partial charge is 0.255 e. The molecule has 1 fully saturated rings. The molecule has 3 aromatic carbocycles. The van der Waals surface area contributed by atoms with Crippen LogP contribution in [0.15, 0.2) is 60.7 Å². The topological polar surface area (TPSA) is 40.6 Å². The summed E-state index contributed by atoms with van der Waals surface area (Å²) in [5.74, 6) is -0.172. The van der Waals surface area contributed by atoms with Gasteiger partial charge in [-0.2, -0.15) is 0 Å². The van der Waals surface area contributed by atoms with E-state index in [1.807, 2.05) is 42.5 Å². The molecular formula is C22H18Cl2N2O2. The third-order valence-electron chi connectivity index (χ3n) is 5.03. The zero-order chi connectivity index (χ0) is 19.7. The zero-order valence-corrected chi connectivity index (χ0v) is 16.6. The summed E-state index contributed by atoms with van der Waals surface area (Å²) in [6.45, 7) is 1.87. The van der Waals surface area contributed by atoms with Crippen LogP contribution in [0, 0.1) is 0 Å². The molecule has 28 heavy (non-hydrogen) atoms. The molecule has 0 saturated carbocycles. The van der Waals surface area contributed by atoms with Gasteiger partial charge in [0.1, 0.15) is 0 Å². The highest BCUT2D eigenvalue weighted by Gasteiger charge is 2.27. The van der Waals surface area contributed by atoms with Gasteiger partial charge in [-0.05, 0) is 35.0 Å². The van der Waals surface area contributed by atoms with Crippen molar-refractivity contribution in [1.29, 1.82) is 0 Å². The van der Waals surface area contributed by atoms with Gasteiger partial charge < -0.3 is 9.80 Å². The SMILES string of the molecule is O=C(c1cc(Cl)ccc1Cl)N1CCN(C(=O)c2cccc3ccccc23)CC1. The van der Waals surface area contributed by atoms with Crippen LogP contribution in [0.3, 0.4) is 0 Å². The number of piperazine rings is 1. The molecule has 0 bridgehead atoms. The number of carbonyl (C=O) groups excluding carboxylic acids is 2. The first-order valence-corrected chi connectivity index (χ1v) is 9.81. The van der Waals surface area contributed by atoms with Gasteiger partial charge in [-0.1, -0.05) is 59.6 Å². The molecule has 0 aromatic heterocycles. The summed E-state index contributed by atoms with van der Waals surface area (Å²) in [4.78, 5) is 29.3. The Balaban J connectivity index is 1.49. The van der Waals surface area contributed by atoms with Gasteiger partial charge in [0.25, 0.3) is 11.8 Å². The first kappa shape index (κ1) is 18.8. The number of rotatable bonds is 2. The molecule has 4 rings (SSSR count). The molecular weight excluding hydrogens is 395 g/mol. The van der Waals surface area contributed by atoms with Gasteiger partial charge in [-0.15, -0.1) is 0 Å². The monoisotopic (exact) mass is 412 g/mol. The van der Waals surface area contributed by atoms with Crippen LogP contribution in [-0.2, 0) is 0 Å². The van der Waals surface area contributed by atoms with E-state index >= 15 is 0 Å². The van der Waals surface area contributed by atoms with Crippen molar-refractivity contribution < 1.29 is 9.59 Å². The number of nitrogens with zero attached hydrogens (tertiary/aromatic N) is 2. The van der Waals surface area contributed by atoms with E-state index in [0.717, 1.165) is 10.8 Å². The molecule has 142 valence electrons. The molecule has 6 heteroatoms. The van der Waals surface area contributed by atoms with Gasteiger partial charge in [0, 0.05) is 36.8 Å². The van der Waals surface area contributed by atoms with Crippen LogP contribution in [0.5, 0.6) is 0 Å². The summed E-state index contributed by atoms with van der Waals surface area (Å²) < 4.78 is 0. The highest BCUT2D eigenvalue weighted by Crippen LogP contribution is 2.24. The normalized spacial score (nSPS) is 14.4. The maximum absolute atomic E-state index is 13.0. The van der Waals surface area contributed by atoms with E-state index in [1.54, 1.807) is 28.0 Å². The molecule has 4 nitrogen and oxygen atoms in total. The van der Waals surface area contributed by atoms with Crippen LogP contribution < -0.4 is 0 Å². The van der Waals surface area contributed by atoms with Gasteiger partial charge in [0.05, 0.1) is 10.6 Å². The van der Waals surface area contributed by atoms with Gasteiger partial charge in [-0.25, -0.2) is 0 Å². The Bertz CT molecular complexity index is 1050. The Hall–Kier alpha value is -2.56. The number of hydrogen-bond donors (Lipinski definition) is 0. The van der Waals surface area contributed by atoms with Gasteiger partial charge in [-0.3, -0.25) is 9.59 Å². The van der Waals surface area contributed by atoms with Crippen LogP contribution in [0.25, 0.3) is 10.8 Å². The molecule has 1 heterocycles. The summed E-state index contributed by atoms with van der Waals surface area (Å²) in [7, 11) is 0. The quantitative estimate of drug-likeness (QED) is 0.609. The molecule has 1 aliphatic heterocycles. The van der Waals surface area contributed by atoms with Crippen LogP contribution >= 0.6 is 23.2 Å². The zero-order valence-electron chi connectivity index (χ0n) is 15.1. The first-order chi connectivity index (χ1) is 13.5. The fraction of sp³-hybridized carbons (Fsp3) is 0.182. The largest absolute Gasteiger partial charge is 0.335 e. The van der Waals surface area contributed by atoms with Crippen LogP contribution in [0.4, 0.5) is 0 Å². The molecule has 3 aromatic rings. The third kappa shape index (κ3) is 3.58. The van der Waals surface area contributed by atoms with E-state index in [1.165, 1.54) is 0 Å². The maximum Gasteiger partial charge on any atom is 0.255 e. The van der Waals surface area contributed by atoms with E-state index in [2.05, 4.69) is 0 Å². The van der Waals surface area contributed by atoms with Crippen molar-refractivity contribution in [2.75, 3.05) is 26.2 Å². The molecule has 0 N–H and O–H groups in total. The lowest BCUT2D eigenvalue weighted by molar-refractivity contribution is 0.0536. The molecule has 0 aliphatic carbocycles. The van der Waals surface area contributed by atoms with Crippen molar-refractivity contribution in [1.82, 2.24) is 9.80 Å². The number of halogens is 2. The van der Waals surface area contributed by atoms with Crippen LogP contribution in [-0.4, -0.2) is 47.8 Å². The fourth-order valence-corrected chi connectivity index (χ4v) is 3.90. The van der Waals surface area contributed by atoms with E-state index < -0.39 is 0 Å². The Morgan fingerprint density at radius 1 is 0.714 bits per heavy atom. The summed E-state index contributed by atoms with van der Waals surface area (Å²) in [5.41, 5.74) is 1.08. The minimum absolute atomic E-state index is 0.00955. The lowest BCUT2D eigenvalue weighted by Gasteiger charge is -2.35. The summed E-state index contributed by atoms with van der Waals surface area (Å²) in [5, 5.41) is 2.83. The molecule has 0 radical (unpaired) electrons. The standard InChI is InChI=1S/C22H18Cl2N2O2/c23-16-8-9-20(24)19(14-16)22(28)26-12-10-25(11-13-26)21(27)18-7-3-5-15-4-1-2-6-17(15)18/h1-9,14H,10-13H2. The summed E-state index contributed by atoms with van der Waals surface area (Å²) in [6.07, 6.45) is 0. The molecule has 2 amide bonds. The fourth-order valence-electron chi connectivity index (χ4n) is 3.53. The average molecular weight is 413 g/mol. The second-order valence-corrected chi connectivity index (χ2v) is 7.58. The minimum atomic E-state index is -0.162. The lowest BCUT2D eigenvalue weighted by Crippen LogP contribution is -2.50. The van der Waals surface area contributed by atoms with E-state index in [4.69, 9.17) is 23.2 Å². The molecule has 1 saturated heterocycles. The van der Waals surface area contributed by atoms with Crippen LogP contribution in [0.1, 0.15) is 20.7 Å². The summed E-state index contributed by atoms with van der Waals surface area (Å²) >= 11 is 12.2. The Labute approximate surface area is 173 Å². The van der Waals surface area contributed by atoms with Crippen molar-refractivity contribution in [3.05, 3.63) is 81.8 Å². The minimum Gasteiger partial charge on any atom is -0.335 e. The van der Waals surface area contributed by atoms with E-state index in [0.29, 0.717) is 47.4 Å². The average Bonchev–Trinajstić information content (AvgIpc) is 2.74. The Morgan fingerprint density at radius 2 is 1.32 bits per heavy atom. The number of benzene rings is 3. The lowest BCUT2D eigenvalue weighted by atomic mass is 10.0. The predicted octanol–water partition coefficient (Wildman–Crippen LogP) is 4.74. The second kappa shape index (κ2) is 7.82. The van der Waals surface area contributed by atoms with Crippen molar-refractivity contribution in [2.45, 2.75) is 0 Å². The number of carbonyl (C=O) groups is 2. The molecule has 0 spiro atoms. The third-order valence-corrected chi connectivity index (χ3v) is 5.60. The van der Waals surface area contributed by atoms with Gasteiger partial charge >= 0.3 is 0 Å². The van der Waals surface area contributed by atoms with Gasteiger partial charge in [0.15, 0.2) is 0 Å². The van der Waals surface area contributed by atoms with E-state index in [-0.39, 0.29) is 11.8 Å². The number of hydrogen-bond acceptors (Lipinski definition) is 2. The van der Waals surface area contributed by atoms with E-state index in [9.17, 15) is 9.59 Å². The molecule has 0 unspecified atom stereocenters. The van der Waals surface area contributed by atoms with Crippen LogP contribution in [0.2, 0.25) is 10.0 Å². The Morgan fingerprint density at radius 3 is 2.04 bits per heavy atom. The van der Waals surface area contributed by atoms with Crippen molar-refractivity contribution in [3.63, 3.8) is 0 Å². The molecule has 1 aliphatic rings. The van der Waals surface area contributed by atoms with Gasteiger partial charge in [0.2, 0.25) is 0 Å². The van der Waals surface area contributed by atoms with Crippen molar-refractivity contribution in [2.24, 2.45) is 0 Å². The highest BCUT2D eigenvalue weighted by molar-refractivity contribution is 6.35. The second-order valence-electron chi connectivity index (χ2n) is 6.74. The summed E-state index contributed by atoms with van der Waals surface area (Å²) in [6, 6.07) is 18.5. The van der Waals surface area contributed by atoms with Crippen molar-refractivity contribution >= 4 is 45.8 Å². The number of amides is 2. The number of fused-ring (bicyclic) bond motifs is 1. The highest BCUT2D eigenvalue weighted by atomic mass is 35.5. The van der Waals surface area contributed by atoms with Crippen molar-refractivity contribution in [3.8, 4) is 0 Å². The molecule has 0 atom stereocenters. The Kier molecular flexibility index (Phi) is 5.25. The first-order valence-electron chi connectivity index (χ1n) is 9.06.